The molecule has 0 aliphatic carbocycles. The van der Waals surface area contributed by atoms with Gasteiger partial charge in [-0.05, 0) is 42.3 Å². The van der Waals surface area contributed by atoms with E-state index in [2.05, 4.69) is 16.0 Å². The third kappa shape index (κ3) is 3.52. The first-order valence-electron chi connectivity index (χ1n) is 9.24. The fraction of sp³-hybridized carbons (Fsp3) is 0.318. The SMILES string of the molecule is OC[C@@]1(Cc2ccc(F)cc2F)CCCN(c2nccc3ccccc23)C1. The molecule has 0 radical (unpaired) electrons. The van der Waals surface area contributed by atoms with E-state index < -0.39 is 17.0 Å². The molecule has 3 aromatic rings. The minimum Gasteiger partial charge on any atom is -0.396 e. The van der Waals surface area contributed by atoms with Gasteiger partial charge in [0, 0.05) is 36.2 Å². The molecule has 1 aliphatic heterocycles. The number of aliphatic hydroxyl groups is 1. The van der Waals surface area contributed by atoms with Crippen molar-refractivity contribution in [3.63, 3.8) is 0 Å². The molecule has 2 aromatic carbocycles. The number of hydrogen-bond acceptors (Lipinski definition) is 3. The van der Waals surface area contributed by atoms with Gasteiger partial charge < -0.3 is 10.0 Å². The lowest BCUT2D eigenvalue weighted by Gasteiger charge is -2.43. The number of aliphatic hydroxyl groups excluding tert-OH is 1. The van der Waals surface area contributed by atoms with Crippen molar-refractivity contribution in [2.24, 2.45) is 5.41 Å². The first kappa shape index (κ1) is 17.9. The number of piperidine rings is 1. The fourth-order valence-corrected chi connectivity index (χ4v) is 4.14. The van der Waals surface area contributed by atoms with Gasteiger partial charge in [-0.25, -0.2) is 13.8 Å². The Hall–Kier alpha value is -2.53. The maximum absolute atomic E-state index is 14.2. The second-order valence-electron chi connectivity index (χ2n) is 7.45. The summed E-state index contributed by atoms with van der Waals surface area (Å²) in [5.41, 5.74) is -0.0339. The van der Waals surface area contributed by atoms with Crippen LogP contribution in [-0.2, 0) is 6.42 Å². The van der Waals surface area contributed by atoms with Gasteiger partial charge in [0.2, 0.25) is 0 Å². The Labute approximate surface area is 157 Å². The Morgan fingerprint density at radius 2 is 1.96 bits per heavy atom. The topological polar surface area (TPSA) is 36.4 Å². The van der Waals surface area contributed by atoms with Gasteiger partial charge >= 0.3 is 0 Å². The fourth-order valence-electron chi connectivity index (χ4n) is 4.14. The summed E-state index contributed by atoms with van der Waals surface area (Å²) in [5, 5.41) is 12.4. The number of anilines is 1. The molecular formula is C22H22F2N2O. The van der Waals surface area contributed by atoms with Crippen LogP contribution in [0, 0.1) is 17.0 Å². The number of aromatic nitrogens is 1. The van der Waals surface area contributed by atoms with Crippen LogP contribution < -0.4 is 4.90 Å². The standard InChI is InChI=1S/C22H22F2N2O/c23-18-7-6-17(20(24)12-18)13-22(15-27)9-3-11-26(14-22)21-19-5-2-1-4-16(19)8-10-25-21/h1-2,4-8,10,12,27H,3,9,11,13-15H2/t22-/m1/s1. The largest absolute Gasteiger partial charge is 0.396 e. The quantitative estimate of drug-likeness (QED) is 0.744. The monoisotopic (exact) mass is 368 g/mol. The van der Waals surface area contributed by atoms with Gasteiger partial charge in [0.25, 0.3) is 0 Å². The molecule has 1 fully saturated rings. The lowest BCUT2D eigenvalue weighted by Crippen LogP contribution is -2.47. The number of pyridine rings is 1. The van der Waals surface area contributed by atoms with Crippen LogP contribution in [-0.4, -0.2) is 29.8 Å². The molecule has 0 bridgehead atoms. The zero-order chi connectivity index (χ0) is 18.9. The number of halogens is 2. The summed E-state index contributed by atoms with van der Waals surface area (Å²) in [6.07, 6.45) is 3.85. The van der Waals surface area contributed by atoms with Crippen LogP contribution in [0.15, 0.2) is 54.7 Å². The van der Waals surface area contributed by atoms with Crippen molar-refractivity contribution < 1.29 is 13.9 Å². The third-order valence-corrected chi connectivity index (χ3v) is 5.53. The first-order chi connectivity index (χ1) is 13.1. The Kier molecular flexibility index (Phi) is 4.79. The van der Waals surface area contributed by atoms with Crippen molar-refractivity contribution in [2.45, 2.75) is 19.3 Å². The lowest BCUT2D eigenvalue weighted by molar-refractivity contribution is 0.104. The number of rotatable bonds is 4. The van der Waals surface area contributed by atoms with E-state index in [9.17, 15) is 13.9 Å². The Bertz CT molecular complexity index is 957. The van der Waals surface area contributed by atoms with E-state index >= 15 is 0 Å². The molecule has 1 atom stereocenters. The van der Waals surface area contributed by atoms with Gasteiger partial charge in [-0.3, -0.25) is 0 Å². The molecule has 1 aromatic heterocycles. The predicted molar refractivity (Wildman–Crippen MR) is 103 cm³/mol. The molecule has 0 amide bonds. The van der Waals surface area contributed by atoms with Crippen LogP contribution in [0.25, 0.3) is 10.8 Å². The maximum atomic E-state index is 14.2. The van der Waals surface area contributed by atoms with E-state index in [1.807, 2.05) is 24.3 Å². The van der Waals surface area contributed by atoms with Crippen molar-refractivity contribution in [3.05, 3.63) is 71.9 Å². The van der Waals surface area contributed by atoms with Crippen molar-refractivity contribution in [1.82, 2.24) is 4.98 Å². The van der Waals surface area contributed by atoms with Crippen LogP contribution in [0.2, 0.25) is 0 Å². The number of nitrogens with zero attached hydrogens (tertiary/aromatic N) is 2. The second-order valence-corrected chi connectivity index (χ2v) is 7.45. The lowest BCUT2D eigenvalue weighted by atomic mass is 9.75. The molecule has 0 spiro atoms. The number of hydrogen-bond donors (Lipinski definition) is 1. The smallest absolute Gasteiger partial charge is 0.136 e. The highest BCUT2D eigenvalue weighted by Gasteiger charge is 2.36. The molecule has 1 N–H and O–H groups in total. The Balaban J connectivity index is 1.65. The predicted octanol–water partition coefficient (Wildman–Crippen LogP) is 4.33. The average Bonchev–Trinajstić information content (AvgIpc) is 2.70. The maximum Gasteiger partial charge on any atom is 0.136 e. The molecule has 0 unspecified atom stereocenters. The summed E-state index contributed by atoms with van der Waals surface area (Å²) in [4.78, 5) is 6.77. The number of benzene rings is 2. The van der Waals surface area contributed by atoms with Gasteiger partial charge in [0.15, 0.2) is 0 Å². The summed E-state index contributed by atoms with van der Waals surface area (Å²) < 4.78 is 27.4. The Morgan fingerprint density at radius 1 is 1.11 bits per heavy atom. The van der Waals surface area contributed by atoms with Crippen LogP contribution in [0.5, 0.6) is 0 Å². The molecule has 4 rings (SSSR count). The van der Waals surface area contributed by atoms with E-state index in [-0.39, 0.29) is 6.61 Å². The van der Waals surface area contributed by atoms with Gasteiger partial charge in [0.05, 0.1) is 6.61 Å². The van der Waals surface area contributed by atoms with Gasteiger partial charge in [0.1, 0.15) is 17.5 Å². The minimum absolute atomic E-state index is 0.0505. The van der Waals surface area contributed by atoms with Crippen LogP contribution >= 0.6 is 0 Å². The number of fused-ring (bicyclic) bond motifs is 1. The van der Waals surface area contributed by atoms with E-state index in [4.69, 9.17) is 0 Å². The summed E-state index contributed by atoms with van der Waals surface area (Å²) in [5.74, 6) is -0.243. The first-order valence-corrected chi connectivity index (χ1v) is 9.24. The zero-order valence-corrected chi connectivity index (χ0v) is 15.0. The second kappa shape index (κ2) is 7.24. The normalized spacial score (nSPS) is 20.2. The highest BCUT2D eigenvalue weighted by atomic mass is 19.1. The molecular weight excluding hydrogens is 346 g/mol. The summed E-state index contributed by atoms with van der Waals surface area (Å²) in [7, 11) is 0. The van der Waals surface area contributed by atoms with E-state index in [1.54, 1.807) is 6.20 Å². The van der Waals surface area contributed by atoms with Crippen molar-refractivity contribution >= 4 is 16.6 Å². The summed E-state index contributed by atoms with van der Waals surface area (Å²) >= 11 is 0. The molecule has 27 heavy (non-hydrogen) atoms. The minimum atomic E-state index is -0.584. The van der Waals surface area contributed by atoms with E-state index in [1.165, 1.54) is 12.1 Å². The highest BCUT2D eigenvalue weighted by molar-refractivity contribution is 5.92. The third-order valence-electron chi connectivity index (χ3n) is 5.53. The average molecular weight is 368 g/mol. The van der Waals surface area contributed by atoms with Gasteiger partial charge in [-0.15, -0.1) is 0 Å². The highest BCUT2D eigenvalue weighted by Crippen LogP contribution is 2.37. The van der Waals surface area contributed by atoms with E-state index in [0.717, 1.165) is 42.0 Å². The van der Waals surface area contributed by atoms with Crippen LogP contribution in [0.1, 0.15) is 18.4 Å². The van der Waals surface area contributed by atoms with Crippen LogP contribution in [0.3, 0.4) is 0 Å². The van der Waals surface area contributed by atoms with Crippen molar-refractivity contribution in [3.8, 4) is 0 Å². The van der Waals surface area contributed by atoms with Crippen LogP contribution in [0.4, 0.5) is 14.6 Å². The van der Waals surface area contributed by atoms with Gasteiger partial charge in [-0.1, -0.05) is 30.3 Å². The van der Waals surface area contributed by atoms with Crippen molar-refractivity contribution in [2.75, 3.05) is 24.6 Å². The zero-order valence-electron chi connectivity index (χ0n) is 15.0. The Morgan fingerprint density at radius 3 is 2.78 bits per heavy atom. The van der Waals surface area contributed by atoms with Crippen molar-refractivity contribution in [1.29, 1.82) is 0 Å². The molecule has 140 valence electrons. The molecule has 1 saturated heterocycles. The summed E-state index contributed by atoms with van der Waals surface area (Å²) in [6.45, 7) is 1.38. The molecule has 1 aliphatic rings. The molecule has 0 saturated carbocycles. The molecule has 3 nitrogen and oxygen atoms in total. The van der Waals surface area contributed by atoms with E-state index in [0.29, 0.717) is 18.5 Å². The molecule has 5 heteroatoms. The van der Waals surface area contributed by atoms with Gasteiger partial charge in [-0.2, -0.15) is 0 Å². The molecule has 2 heterocycles. The summed E-state index contributed by atoms with van der Waals surface area (Å²) in [6, 6.07) is 13.7.